The van der Waals surface area contributed by atoms with Crippen molar-refractivity contribution in [2.24, 2.45) is 0 Å². The van der Waals surface area contributed by atoms with Gasteiger partial charge in [-0.25, -0.2) is 0 Å². The van der Waals surface area contributed by atoms with Crippen molar-refractivity contribution >= 4 is 17.4 Å². The fourth-order valence-corrected chi connectivity index (χ4v) is 1.80. The first-order valence-corrected chi connectivity index (χ1v) is 6.58. The summed E-state index contributed by atoms with van der Waals surface area (Å²) in [5, 5.41) is 0.468. The molecule has 0 aliphatic rings. The third kappa shape index (κ3) is 4.07. The number of thiocarbonyl (C=S) groups is 1. The van der Waals surface area contributed by atoms with Gasteiger partial charge in [-0.2, -0.15) is 0 Å². The summed E-state index contributed by atoms with van der Waals surface area (Å²) in [5.74, 6) is 0.774. The van der Waals surface area contributed by atoms with Gasteiger partial charge in [-0.3, -0.25) is 0 Å². The van der Waals surface area contributed by atoms with E-state index < -0.39 is 0 Å². The molecular formula is C16H17NOS. The van der Waals surface area contributed by atoms with E-state index in [0.717, 1.165) is 12.2 Å². The molecule has 0 spiro atoms. The minimum absolute atomic E-state index is 0.468. The Kier molecular flexibility index (Phi) is 4.53. The van der Waals surface area contributed by atoms with Crippen LogP contribution < -0.4 is 4.74 Å². The summed E-state index contributed by atoms with van der Waals surface area (Å²) in [5.41, 5.74) is 2.56. The second-order valence-electron chi connectivity index (χ2n) is 4.57. The minimum atomic E-state index is 0.468. The van der Waals surface area contributed by atoms with E-state index in [0.29, 0.717) is 5.17 Å². The Bertz CT molecular complexity index is 534. The third-order valence-electron chi connectivity index (χ3n) is 2.74. The van der Waals surface area contributed by atoms with Gasteiger partial charge < -0.3 is 9.64 Å². The highest BCUT2D eigenvalue weighted by molar-refractivity contribution is 7.80. The number of hydrogen-bond donors (Lipinski definition) is 0. The topological polar surface area (TPSA) is 12.5 Å². The van der Waals surface area contributed by atoms with E-state index in [-0.39, 0.29) is 0 Å². The van der Waals surface area contributed by atoms with Crippen molar-refractivity contribution in [2.75, 3.05) is 14.1 Å². The second kappa shape index (κ2) is 6.34. The SMILES string of the molecule is CN(C)C(=S)Oc1ccc(Cc2ccccc2)cc1. The zero-order valence-electron chi connectivity index (χ0n) is 11.2. The highest BCUT2D eigenvalue weighted by Crippen LogP contribution is 2.15. The van der Waals surface area contributed by atoms with Crippen molar-refractivity contribution in [3.63, 3.8) is 0 Å². The average Bonchev–Trinajstić information content (AvgIpc) is 2.42. The van der Waals surface area contributed by atoms with Crippen molar-refractivity contribution in [3.8, 4) is 5.75 Å². The van der Waals surface area contributed by atoms with E-state index >= 15 is 0 Å². The summed E-state index contributed by atoms with van der Waals surface area (Å²) in [6, 6.07) is 18.5. The lowest BCUT2D eigenvalue weighted by Crippen LogP contribution is -2.24. The largest absolute Gasteiger partial charge is 0.432 e. The van der Waals surface area contributed by atoms with E-state index in [9.17, 15) is 0 Å². The predicted octanol–water partition coefficient (Wildman–Crippen LogP) is 3.50. The lowest BCUT2D eigenvalue weighted by Gasteiger charge is -2.14. The van der Waals surface area contributed by atoms with E-state index in [2.05, 4.69) is 36.4 Å². The van der Waals surface area contributed by atoms with Crippen molar-refractivity contribution in [1.29, 1.82) is 0 Å². The van der Waals surface area contributed by atoms with Crippen LogP contribution >= 0.6 is 12.2 Å². The molecule has 0 bridgehead atoms. The van der Waals surface area contributed by atoms with Crippen LogP contribution in [0, 0.1) is 0 Å². The highest BCUT2D eigenvalue weighted by Gasteiger charge is 2.02. The minimum Gasteiger partial charge on any atom is -0.432 e. The van der Waals surface area contributed by atoms with Crippen LogP contribution in [0.15, 0.2) is 54.6 Å². The lowest BCUT2D eigenvalue weighted by atomic mass is 10.1. The number of nitrogens with zero attached hydrogens (tertiary/aromatic N) is 1. The summed E-state index contributed by atoms with van der Waals surface area (Å²) < 4.78 is 5.54. The van der Waals surface area contributed by atoms with Crippen LogP contribution in [0.2, 0.25) is 0 Å². The maximum absolute atomic E-state index is 5.54. The quantitative estimate of drug-likeness (QED) is 0.793. The molecule has 2 nitrogen and oxygen atoms in total. The van der Waals surface area contributed by atoms with Gasteiger partial charge in [-0.05, 0) is 41.9 Å². The first-order valence-electron chi connectivity index (χ1n) is 6.17. The molecule has 0 aliphatic carbocycles. The Morgan fingerprint density at radius 2 is 1.53 bits per heavy atom. The highest BCUT2D eigenvalue weighted by atomic mass is 32.1. The first kappa shape index (κ1) is 13.6. The Hall–Kier alpha value is -1.87. The Morgan fingerprint density at radius 1 is 0.947 bits per heavy atom. The first-order chi connectivity index (χ1) is 9.15. The molecule has 0 radical (unpaired) electrons. The monoisotopic (exact) mass is 271 g/mol. The van der Waals surface area contributed by atoms with Crippen LogP contribution in [0.3, 0.4) is 0 Å². The number of benzene rings is 2. The summed E-state index contributed by atoms with van der Waals surface area (Å²) in [6.07, 6.45) is 0.930. The standard InChI is InChI=1S/C16H17NOS/c1-17(2)16(19)18-15-10-8-14(9-11-15)12-13-6-4-3-5-7-13/h3-11H,12H2,1-2H3. The summed E-state index contributed by atoms with van der Waals surface area (Å²) in [6.45, 7) is 0. The molecule has 0 fully saturated rings. The van der Waals surface area contributed by atoms with E-state index in [1.807, 2.05) is 32.3 Å². The van der Waals surface area contributed by atoms with Crippen LogP contribution in [0.25, 0.3) is 0 Å². The van der Waals surface area contributed by atoms with Gasteiger partial charge in [0.2, 0.25) is 0 Å². The molecule has 2 aromatic rings. The van der Waals surface area contributed by atoms with Crippen molar-refractivity contribution in [2.45, 2.75) is 6.42 Å². The van der Waals surface area contributed by atoms with E-state index in [1.165, 1.54) is 11.1 Å². The van der Waals surface area contributed by atoms with Gasteiger partial charge in [0.1, 0.15) is 5.75 Å². The second-order valence-corrected chi connectivity index (χ2v) is 4.92. The average molecular weight is 271 g/mol. The Balaban J connectivity index is 2.01. The molecule has 19 heavy (non-hydrogen) atoms. The molecule has 3 heteroatoms. The van der Waals surface area contributed by atoms with Crippen molar-refractivity contribution < 1.29 is 4.74 Å². The van der Waals surface area contributed by atoms with E-state index in [4.69, 9.17) is 17.0 Å². The van der Waals surface area contributed by atoms with E-state index in [1.54, 1.807) is 4.90 Å². The van der Waals surface area contributed by atoms with Gasteiger partial charge in [-0.1, -0.05) is 42.5 Å². The molecular weight excluding hydrogens is 254 g/mol. The normalized spacial score (nSPS) is 10.0. The molecule has 0 aliphatic heterocycles. The Morgan fingerprint density at radius 3 is 2.11 bits per heavy atom. The summed E-state index contributed by atoms with van der Waals surface area (Å²) in [4.78, 5) is 1.77. The maximum Gasteiger partial charge on any atom is 0.264 e. The number of hydrogen-bond acceptors (Lipinski definition) is 2. The third-order valence-corrected chi connectivity index (χ3v) is 3.19. The van der Waals surface area contributed by atoms with Crippen LogP contribution in [-0.2, 0) is 6.42 Å². The smallest absolute Gasteiger partial charge is 0.264 e. The van der Waals surface area contributed by atoms with Gasteiger partial charge in [0.15, 0.2) is 0 Å². The van der Waals surface area contributed by atoms with Crippen molar-refractivity contribution in [1.82, 2.24) is 4.90 Å². The summed E-state index contributed by atoms with van der Waals surface area (Å²) in [7, 11) is 3.73. The number of rotatable bonds is 3. The van der Waals surface area contributed by atoms with Gasteiger partial charge in [0, 0.05) is 14.1 Å². The van der Waals surface area contributed by atoms with Crippen LogP contribution in [0.5, 0.6) is 5.75 Å². The van der Waals surface area contributed by atoms with Gasteiger partial charge in [-0.15, -0.1) is 0 Å². The molecule has 0 N–H and O–H groups in total. The summed E-state index contributed by atoms with van der Waals surface area (Å²) >= 11 is 5.10. The fourth-order valence-electron chi connectivity index (χ4n) is 1.70. The maximum atomic E-state index is 5.54. The zero-order chi connectivity index (χ0) is 13.7. The molecule has 0 saturated heterocycles. The predicted molar refractivity (Wildman–Crippen MR) is 82.6 cm³/mol. The molecule has 0 aromatic heterocycles. The molecule has 0 unspecified atom stereocenters. The lowest BCUT2D eigenvalue weighted by molar-refractivity contribution is 0.449. The molecule has 0 saturated carbocycles. The zero-order valence-corrected chi connectivity index (χ0v) is 12.0. The molecule has 2 rings (SSSR count). The van der Waals surface area contributed by atoms with Crippen molar-refractivity contribution in [3.05, 3.63) is 65.7 Å². The molecule has 0 heterocycles. The van der Waals surface area contributed by atoms with Gasteiger partial charge >= 0.3 is 0 Å². The molecule has 98 valence electrons. The fraction of sp³-hybridized carbons (Fsp3) is 0.188. The Labute approximate surface area is 119 Å². The molecule has 0 amide bonds. The molecule has 2 aromatic carbocycles. The number of ether oxygens (including phenoxy) is 1. The molecule has 0 atom stereocenters. The van der Waals surface area contributed by atoms with Gasteiger partial charge in [0.25, 0.3) is 5.17 Å². The van der Waals surface area contributed by atoms with Crippen LogP contribution in [-0.4, -0.2) is 24.2 Å². The van der Waals surface area contributed by atoms with Crippen LogP contribution in [0.1, 0.15) is 11.1 Å². The van der Waals surface area contributed by atoms with Crippen LogP contribution in [0.4, 0.5) is 0 Å². The van der Waals surface area contributed by atoms with Gasteiger partial charge in [0.05, 0.1) is 0 Å².